The minimum Gasteiger partial charge on any atom is -0.354 e. The Balaban J connectivity index is 0.00000261. The molecule has 3 aromatic rings. The van der Waals surface area contributed by atoms with E-state index in [4.69, 9.17) is 5.73 Å². The van der Waals surface area contributed by atoms with Crippen molar-refractivity contribution in [1.82, 2.24) is 20.1 Å². The first-order chi connectivity index (χ1) is 12.4. The van der Waals surface area contributed by atoms with Crippen LogP contribution in [0.5, 0.6) is 0 Å². The van der Waals surface area contributed by atoms with Crippen LogP contribution in [0.25, 0.3) is 11.0 Å². The van der Waals surface area contributed by atoms with E-state index in [0.29, 0.717) is 17.6 Å². The van der Waals surface area contributed by atoms with Gasteiger partial charge in [-0.05, 0) is 30.5 Å². The number of aryl methyl sites for hydroxylation is 3. The van der Waals surface area contributed by atoms with Crippen LogP contribution >= 0.6 is 12.4 Å². The molecule has 0 fully saturated rings. The summed E-state index contributed by atoms with van der Waals surface area (Å²) in [7, 11) is 1.74. The van der Waals surface area contributed by atoms with E-state index in [1.807, 2.05) is 44.2 Å². The van der Waals surface area contributed by atoms with Crippen LogP contribution in [0.1, 0.15) is 28.4 Å². The lowest BCUT2D eigenvalue weighted by Crippen LogP contribution is -2.33. The number of nitrogens with two attached hydrogens (primary N) is 1. The van der Waals surface area contributed by atoms with Gasteiger partial charge in [-0.2, -0.15) is 0 Å². The fourth-order valence-corrected chi connectivity index (χ4v) is 3.17. The van der Waals surface area contributed by atoms with Crippen molar-refractivity contribution in [2.24, 2.45) is 12.8 Å². The van der Waals surface area contributed by atoms with Gasteiger partial charge in [-0.3, -0.25) is 19.4 Å². The monoisotopic (exact) mass is 389 g/mol. The Hall–Kier alpha value is -2.64. The standard InChI is InChI=1S/C19H23N5O2.ClH/c1-11-14(12(2)22-18-17(11)19(26)23-24(18)3)9-16(25)21-10-15(20)13-7-5-4-6-8-13;/h4-8,15H,9-10,20H2,1-3H3,(H,21,25)(H,23,26);1H. The molecule has 1 amide bonds. The zero-order chi connectivity index (χ0) is 18.8. The normalized spacial score (nSPS) is 11.9. The third-order valence-electron chi connectivity index (χ3n) is 4.66. The van der Waals surface area contributed by atoms with Crippen LogP contribution < -0.4 is 16.6 Å². The topological polar surface area (TPSA) is 106 Å². The number of carbonyl (C=O) groups is 1. The van der Waals surface area contributed by atoms with Crippen LogP contribution in [0, 0.1) is 13.8 Å². The molecule has 7 nitrogen and oxygen atoms in total. The van der Waals surface area contributed by atoms with Gasteiger partial charge in [-0.1, -0.05) is 30.3 Å². The largest absolute Gasteiger partial charge is 0.354 e. The molecule has 0 aliphatic heterocycles. The third-order valence-corrected chi connectivity index (χ3v) is 4.66. The quantitative estimate of drug-likeness (QED) is 0.617. The fraction of sp³-hybridized carbons (Fsp3) is 0.316. The van der Waals surface area contributed by atoms with Crippen molar-refractivity contribution in [1.29, 1.82) is 0 Å². The Bertz CT molecular complexity index is 1010. The molecule has 0 spiro atoms. The van der Waals surface area contributed by atoms with Crippen LogP contribution in [-0.2, 0) is 18.3 Å². The SMILES string of the molecule is Cc1nc2c(c(C)c1CC(=O)NCC(N)c1ccccc1)c(=O)[nH]n2C.Cl. The molecule has 1 aromatic carbocycles. The van der Waals surface area contributed by atoms with Gasteiger partial charge in [0.25, 0.3) is 5.56 Å². The number of hydrogen-bond donors (Lipinski definition) is 3. The molecule has 144 valence electrons. The molecule has 27 heavy (non-hydrogen) atoms. The molecule has 0 aliphatic rings. The number of aromatic amines is 1. The van der Waals surface area contributed by atoms with Crippen LogP contribution in [0.3, 0.4) is 0 Å². The minimum absolute atomic E-state index is 0. The highest BCUT2D eigenvalue weighted by molar-refractivity contribution is 5.85. The Kier molecular flexibility index (Phi) is 6.41. The zero-order valence-electron chi connectivity index (χ0n) is 15.6. The van der Waals surface area contributed by atoms with Crippen molar-refractivity contribution in [3.63, 3.8) is 0 Å². The summed E-state index contributed by atoms with van der Waals surface area (Å²) in [5.41, 5.74) is 9.80. The lowest BCUT2D eigenvalue weighted by molar-refractivity contribution is -0.120. The summed E-state index contributed by atoms with van der Waals surface area (Å²) in [5, 5.41) is 6.10. The molecule has 4 N–H and O–H groups in total. The summed E-state index contributed by atoms with van der Waals surface area (Å²) >= 11 is 0. The van der Waals surface area contributed by atoms with Crippen LogP contribution in [0.2, 0.25) is 0 Å². The number of nitrogens with one attached hydrogen (secondary N) is 2. The lowest BCUT2D eigenvalue weighted by Gasteiger charge is -2.14. The summed E-state index contributed by atoms with van der Waals surface area (Å²) in [6, 6.07) is 9.37. The highest BCUT2D eigenvalue weighted by Crippen LogP contribution is 2.20. The van der Waals surface area contributed by atoms with Gasteiger partial charge in [0.05, 0.1) is 11.8 Å². The second-order valence-electron chi connectivity index (χ2n) is 6.50. The van der Waals surface area contributed by atoms with Crippen LogP contribution in [0.15, 0.2) is 35.1 Å². The molecular weight excluding hydrogens is 366 g/mol. The van der Waals surface area contributed by atoms with E-state index in [1.54, 1.807) is 11.7 Å². The maximum atomic E-state index is 12.4. The third kappa shape index (κ3) is 4.20. The Morgan fingerprint density at radius 1 is 1.30 bits per heavy atom. The highest BCUT2D eigenvalue weighted by Gasteiger charge is 2.17. The van der Waals surface area contributed by atoms with Crippen molar-refractivity contribution in [2.75, 3.05) is 6.54 Å². The number of H-pyrrole nitrogens is 1. The fourth-order valence-electron chi connectivity index (χ4n) is 3.17. The molecular formula is C19H24ClN5O2. The minimum atomic E-state index is -0.264. The molecule has 0 aliphatic carbocycles. The number of halogens is 1. The van der Waals surface area contributed by atoms with Gasteiger partial charge in [0.1, 0.15) is 0 Å². The summed E-state index contributed by atoms with van der Waals surface area (Å²) < 4.78 is 1.60. The summed E-state index contributed by atoms with van der Waals surface area (Å²) in [5.74, 6) is -0.143. The smallest absolute Gasteiger partial charge is 0.273 e. The number of nitrogens with zero attached hydrogens (tertiary/aromatic N) is 2. The number of carbonyl (C=O) groups excluding carboxylic acids is 1. The molecule has 2 heterocycles. The highest BCUT2D eigenvalue weighted by atomic mass is 35.5. The van der Waals surface area contributed by atoms with Gasteiger partial charge in [0.15, 0.2) is 5.65 Å². The van der Waals surface area contributed by atoms with Crippen molar-refractivity contribution >= 4 is 29.3 Å². The molecule has 8 heteroatoms. The van der Waals surface area contributed by atoms with Crippen molar-refractivity contribution in [3.8, 4) is 0 Å². The maximum Gasteiger partial charge on any atom is 0.273 e. The van der Waals surface area contributed by atoms with Gasteiger partial charge in [0.2, 0.25) is 5.91 Å². The van der Waals surface area contributed by atoms with Crippen LogP contribution in [-0.4, -0.2) is 27.2 Å². The van der Waals surface area contributed by atoms with Gasteiger partial charge < -0.3 is 11.1 Å². The summed E-state index contributed by atoms with van der Waals surface area (Å²) in [6.07, 6.45) is 0.163. The van der Waals surface area contributed by atoms with E-state index in [1.165, 1.54) is 0 Å². The Morgan fingerprint density at radius 2 is 1.96 bits per heavy atom. The van der Waals surface area contributed by atoms with Gasteiger partial charge in [-0.15, -0.1) is 12.4 Å². The average molecular weight is 390 g/mol. The van der Waals surface area contributed by atoms with E-state index < -0.39 is 0 Å². The predicted octanol–water partition coefficient (Wildman–Crippen LogP) is 1.66. The average Bonchev–Trinajstić information content (AvgIpc) is 2.91. The second-order valence-corrected chi connectivity index (χ2v) is 6.50. The number of pyridine rings is 1. The van der Waals surface area contributed by atoms with Gasteiger partial charge in [0, 0.05) is 25.3 Å². The summed E-state index contributed by atoms with van der Waals surface area (Å²) in [4.78, 5) is 29.0. The Morgan fingerprint density at radius 3 is 2.63 bits per heavy atom. The van der Waals surface area contributed by atoms with E-state index in [9.17, 15) is 9.59 Å². The first-order valence-corrected chi connectivity index (χ1v) is 8.50. The van der Waals surface area contributed by atoms with E-state index in [0.717, 1.165) is 22.4 Å². The first kappa shape index (κ1) is 20.7. The van der Waals surface area contributed by atoms with Crippen molar-refractivity contribution in [2.45, 2.75) is 26.3 Å². The molecule has 2 aromatic heterocycles. The number of hydrogen-bond acceptors (Lipinski definition) is 4. The zero-order valence-corrected chi connectivity index (χ0v) is 16.4. The van der Waals surface area contributed by atoms with E-state index in [2.05, 4.69) is 15.4 Å². The van der Waals surface area contributed by atoms with Gasteiger partial charge >= 0.3 is 0 Å². The number of benzene rings is 1. The summed E-state index contributed by atoms with van der Waals surface area (Å²) in [6.45, 7) is 4.05. The molecule has 1 unspecified atom stereocenters. The lowest BCUT2D eigenvalue weighted by atomic mass is 10.0. The molecule has 0 saturated carbocycles. The number of fused-ring (bicyclic) bond motifs is 1. The number of aromatic nitrogens is 3. The predicted molar refractivity (Wildman–Crippen MR) is 108 cm³/mol. The van der Waals surface area contributed by atoms with Gasteiger partial charge in [-0.25, -0.2) is 4.98 Å². The number of rotatable bonds is 5. The molecule has 0 radical (unpaired) electrons. The molecule has 1 atom stereocenters. The molecule has 3 rings (SSSR count). The maximum absolute atomic E-state index is 12.4. The molecule has 0 saturated heterocycles. The van der Waals surface area contributed by atoms with Crippen LogP contribution in [0.4, 0.5) is 0 Å². The second kappa shape index (κ2) is 8.37. The first-order valence-electron chi connectivity index (χ1n) is 8.50. The van der Waals surface area contributed by atoms with Crippen molar-refractivity contribution in [3.05, 3.63) is 63.1 Å². The van der Waals surface area contributed by atoms with Crippen molar-refractivity contribution < 1.29 is 4.79 Å². The van der Waals surface area contributed by atoms with E-state index in [-0.39, 0.29) is 36.3 Å². The number of amides is 1. The Labute approximate surface area is 163 Å². The molecule has 0 bridgehead atoms. The van der Waals surface area contributed by atoms with E-state index >= 15 is 0 Å².